The van der Waals surface area contributed by atoms with Crippen molar-refractivity contribution in [1.29, 1.82) is 0 Å². The van der Waals surface area contributed by atoms with Crippen LogP contribution in [-0.2, 0) is 0 Å². The molecule has 1 nitrogen and oxygen atoms in total. The number of aryl methyl sites for hydroxylation is 2. The molecule has 0 aliphatic heterocycles. The number of hydrogen-bond acceptors (Lipinski definition) is 1. The Morgan fingerprint density at radius 3 is 2.39 bits per heavy atom. The van der Waals surface area contributed by atoms with E-state index in [9.17, 15) is 9.50 Å². The SMILES string of the molecule is CCC1(C(O)c2c(C)cc(C)cc2F)CCCC1. The highest BCUT2D eigenvalue weighted by Crippen LogP contribution is 2.50. The molecule has 1 aromatic rings. The summed E-state index contributed by atoms with van der Waals surface area (Å²) in [4.78, 5) is 0. The van der Waals surface area contributed by atoms with Crippen LogP contribution in [0.25, 0.3) is 0 Å². The van der Waals surface area contributed by atoms with Crippen molar-refractivity contribution < 1.29 is 9.50 Å². The lowest BCUT2D eigenvalue weighted by Crippen LogP contribution is -2.26. The summed E-state index contributed by atoms with van der Waals surface area (Å²) < 4.78 is 14.2. The Hall–Kier alpha value is -0.890. The first-order valence-corrected chi connectivity index (χ1v) is 6.95. The van der Waals surface area contributed by atoms with Gasteiger partial charge in [-0.05, 0) is 50.3 Å². The van der Waals surface area contributed by atoms with Crippen LogP contribution in [0, 0.1) is 25.1 Å². The van der Waals surface area contributed by atoms with E-state index >= 15 is 0 Å². The number of benzene rings is 1. The molecule has 0 heterocycles. The summed E-state index contributed by atoms with van der Waals surface area (Å²) in [5.41, 5.74) is 2.20. The van der Waals surface area contributed by atoms with Crippen LogP contribution in [0.15, 0.2) is 12.1 Å². The Labute approximate surface area is 109 Å². The molecule has 1 N–H and O–H groups in total. The van der Waals surface area contributed by atoms with Crippen LogP contribution in [0.3, 0.4) is 0 Å². The lowest BCUT2D eigenvalue weighted by atomic mass is 9.74. The van der Waals surface area contributed by atoms with Crippen LogP contribution in [0.4, 0.5) is 4.39 Å². The third-order valence-electron chi connectivity index (χ3n) is 4.64. The summed E-state index contributed by atoms with van der Waals surface area (Å²) in [6, 6.07) is 3.49. The molecule has 1 saturated carbocycles. The van der Waals surface area contributed by atoms with Gasteiger partial charge >= 0.3 is 0 Å². The van der Waals surface area contributed by atoms with Gasteiger partial charge in [-0.3, -0.25) is 0 Å². The molecule has 2 heteroatoms. The first-order chi connectivity index (χ1) is 8.50. The van der Waals surface area contributed by atoms with E-state index in [4.69, 9.17) is 0 Å². The third kappa shape index (κ3) is 2.18. The van der Waals surface area contributed by atoms with Gasteiger partial charge in [-0.25, -0.2) is 4.39 Å². The fraction of sp³-hybridized carbons (Fsp3) is 0.625. The highest BCUT2D eigenvalue weighted by atomic mass is 19.1. The first-order valence-electron chi connectivity index (χ1n) is 6.95. The minimum Gasteiger partial charge on any atom is -0.388 e. The maximum atomic E-state index is 14.2. The third-order valence-corrected chi connectivity index (χ3v) is 4.64. The van der Waals surface area contributed by atoms with Crippen molar-refractivity contribution in [2.45, 2.75) is 59.0 Å². The summed E-state index contributed by atoms with van der Waals surface area (Å²) >= 11 is 0. The number of aliphatic hydroxyl groups is 1. The zero-order valence-corrected chi connectivity index (χ0v) is 11.6. The molecule has 18 heavy (non-hydrogen) atoms. The lowest BCUT2D eigenvalue weighted by molar-refractivity contribution is 0.0206. The van der Waals surface area contributed by atoms with E-state index in [0.717, 1.165) is 43.2 Å². The predicted molar refractivity (Wildman–Crippen MR) is 72.0 cm³/mol. The zero-order chi connectivity index (χ0) is 13.3. The van der Waals surface area contributed by atoms with Gasteiger partial charge in [0.15, 0.2) is 0 Å². The smallest absolute Gasteiger partial charge is 0.129 e. The second-order valence-electron chi connectivity index (χ2n) is 5.80. The number of hydrogen-bond donors (Lipinski definition) is 1. The van der Waals surface area contributed by atoms with Crippen molar-refractivity contribution in [3.05, 3.63) is 34.6 Å². The van der Waals surface area contributed by atoms with Crippen LogP contribution in [-0.4, -0.2) is 5.11 Å². The quantitative estimate of drug-likeness (QED) is 0.840. The van der Waals surface area contributed by atoms with E-state index in [1.165, 1.54) is 6.07 Å². The van der Waals surface area contributed by atoms with E-state index < -0.39 is 6.10 Å². The van der Waals surface area contributed by atoms with Gasteiger partial charge in [0.25, 0.3) is 0 Å². The number of halogens is 1. The largest absolute Gasteiger partial charge is 0.388 e. The molecule has 1 aromatic carbocycles. The van der Waals surface area contributed by atoms with Crippen molar-refractivity contribution in [3.63, 3.8) is 0 Å². The second-order valence-corrected chi connectivity index (χ2v) is 5.80. The molecule has 0 aromatic heterocycles. The second kappa shape index (κ2) is 5.00. The molecule has 2 rings (SSSR count). The molecule has 0 radical (unpaired) electrons. The molecule has 1 aliphatic rings. The predicted octanol–water partition coefficient (Wildman–Crippen LogP) is 4.45. The van der Waals surface area contributed by atoms with Crippen molar-refractivity contribution in [3.8, 4) is 0 Å². The Bertz CT molecular complexity index is 410. The highest BCUT2D eigenvalue weighted by Gasteiger charge is 2.41. The van der Waals surface area contributed by atoms with Crippen molar-refractivity contribution in [1.82, 2.24) is 0 Å². The van der Waals surface area contributed by atoms with Crippen molar-refractivity contribution >= 4 is 0 Å². The molecule has 1 aliphatic carbocycles. The fourth-order valence-corrected chi connectivity index (χ4v) is 3.48. The van der Waals surface area contributed by atoms with Crippen LogP contribution in [0.1, 0.15) is 61.8 Å². The monoisotopic (exact) mass is 250 g/mol. The molecule has 1 unspecified atom stereocenters. The molecule has 1 atom stereocenters. The number of aliphatic hydroxyl groups excluding tert-OH is 1. The van der Waals surface area contributed by atoms with Gasteiger partial charge in [-0.15, -0.1) is 0 Å². The van der Waals surface area contributed by atoms with Crippen LogP contribution >= 0.6 is 0 Å². The van der Waals surface area contributed by atoms with Gasteiger partial charge in [0, 0.05) is 11.0 Å². The average Bonchev–Trinajstić information content (AvgIpc) is 2.77. The van der Waals surface area contributed by atoms with Gasteiger partial charge in [-0.2, -0.15) is 0 Å². The van der Waals surface area contributed by atoms with Crippen LogP contribution in [0.5, 0.6) is 0 Å². The maximum absolute atomic E-state index is 14.2. The van der Waals surface area contributed by atoms with E-state index in [1.807, 2.05) is 19.9 Å². The summed E-state index contributed by atoms with van der Waals surface area (Å²) in [7, 11) is 0. The molecular formula is C16H23FO. The molecule has 0 amide bonds. The lowest BCUT2D eigenvalue weighted by Gasteiger charge is -2.34. The van der Waals surface area contributed by atoms with Gasteiger partial charge in [0.1, 0.15) is 5.82 Å². The topological polar surface area (TPSA) is 20.2 Å². The minimum atomic E-state index is -0.661. The fourth-order valence-electron chi connectivity index (χ4n) is 3.48. The summed E-state index contributed by atoms with van der Waals surface area (Å²) in [6.07, 6.45) is 4.58. The van der Waals surface area contributed by atoms with Gasteiger partial charge in [0.2, 0.25) is 0 Å². The maximum Gasteiger partial charge on any atom is 0.129 e. The normalized spacial score (nSPS) is 20.1. The van der Waals surface area contributed by atoms with Crippen LogP contribution in [0.2, 0.25) is 0 Å². The summed E-state index contributed by atoms with van der Waals surface area (Å²) in [6.45, 7) is 5.89. The summed E-state index contributed by atoms with van der Waals surface area (Å²) in [5, 5.41) is 10.7. The van der Waals surface area contributed by atoms with Gasteiger partial charge in [0.05, 0.1) is 6.10 Å². The highest BCUT2D eigenvalue weighted by molar-refractivity contribution is 5.34. The first kappa shape index (κ1) is 13.5. The van der Waals surface area contributed by atoms with Gasteiger partial charge < -0.3 is 5.11 Å². The number of rotatable bonds is 3. The average molecular weight is 250 g/mol. The molecule has 100 valence electrons. The van der Waals surface area contributed by atoms with Crippen LogP contribution < -0.4 is 0 Å². The minimum absolute atomic E-state index is 0.110. The Kier molecular flexibility index (Phi) is 3.76. The summed E-state index contributed by atoms with van der Waals surface area (Å²) in [5.74, 6) is -0.250. The molecule has 0 saturated heterocycles. The Morgan fingerprint density at radius 1 is 1.28 bits per heavy atom. The Morgan fingerprint density at radius 2 is 1.89 bits per heavy atom. The van der Waals surface area contributed by atoms with Crippen molar-refractivity contribution in [2.24, 2.45) is 5.41 Å². The van der Waals surface area contributed by atoms with Crippen molar-refractivity contribution in [2.75, 3.05) is 0 Å². The van der Waals surface area contributed by atoms with E-state index in [-0.39, 0.29) is 11.2 Å². The molecular weight excluding hydrogens is 227 g/mol. The molecule has 0 bridgehead atoms. The Balaban J connectivity index is 2.42. The van der Waals surface area contributed by atoms with E-state index in [0.29, 0.717) is 5.56 Å². The van der Waals surface area contributed by atoms with Gasteiger partial charge in [-0.1, -0.05) is 25.8 Å². The zero-order valence-electron chi connectivity index (χ0n) is 11.6. The van der Waals surface area contributed by atoms with E-state index in [2.05, 4.69) is 6.92 Å². The van der Waals surface area contributed by atoms with E-state index in [1.54, 1.807) is 0 Å². The molecule has 1 fully saturated rings. The standard InChI is InChI=1S/C16H23FO/c1-4-16(7-5-6-8-16)15(18)14-12(3)9-11(2)10-13(14)17/h9-10,15,18H,4-8H2,1-3H3. The molecule has 0 spiro atoms.